The van der Waals surface area contributed by atoms with Gasteiger partial charge in [0.05, 0.1) is 5.69 Å². The Morgan fingerprint density at radius 3 is 2.38 bits per heavy atom. The topological polar surface area (TPSA) is 67.6 Å². The molecule has 0 amide bonds. The standard InChI is InChI=1S/C21H24N4O/c1-20(2,3)15-9-7-8-14(12-15)16-10-11-25(24-16)18-17(13-22)23-19(26-18)21(4,5)6/h7-12H,1-6H3. The second kappa shape index (κ2) is 6.14. The summed E-state index contributed by atoms with van der Waals surface area (Å²) in [5.74, 6) is 0.881. The van der Waals surface area contributed by atoms with Crippen LogP contribution in [0.1, 0.15) is 58.7 Å². The van der Waals surface area contributed by atoms with Crippen LogP contribution in [0.25, 0.3) is 17.1 Å². The number of hydrogen-bond donors (Lipinski definition) is 0. The number of aromatic nitrogens is 3. The Bertz CT molecular complexity index is 975. The molecule has 0 saturated carbocycles. The van der Waals surface area contributed by atoms with E-state index in [1.165, 1.54) is 5.56 Å². The summed E-state index contributed by atoms with van der Waals surface area (Å²) in [6.45, 7) is 12.5. The van der Waals surface area contributed by atoms with E-state index in [0.29, 0.717) is 11.8 Å². The molecule has 3 aromatic rings. The van der Waals surface area contributed by atoms with E-state index in [-0.39, 0.29) is 16.5 Å². The highest BCUT2D eigenvalue weighted by Crippen LogP contribution is 2.29. The van der Waals surface area contributed by atoms with E-state index in [2.05, 4.69) is 49.1 Å². The van der Waals surface area contributed by atoms with Crippen molar-refractivity contribution in [1.29, 1.82) is 5.26 Å². The van der Waals surface area contributed by atoms with Gasteiger partial charge in [0.15, 0.2) is 0 Å². The number of nitriles is 1. The molecule has 5 nitrogen and oxygen atoms in total. The van der Waals surface area contributed by atoms with Gasteiger partial charge in [-0.25, -0.2) is 4.68 Å². The van der Waals surface area contributed by atoms with Crippen molar-refractivity contribution in [3.05, 3.63) is 53.7 Å². The summed E-state index contributed by atoms with van der Waals surface area (Å²) in [6, 6.07) is 12.4. The van der Waals surface area contributed by atoms with Crippen LogP contribution in [0, 0.1) is 11.3 Å². The van der Waals surface area contributed by atoms with Gasteiger partial charge in [0.1, 0.15) is 6.07 Å². The molecule has 0 saturated heterocycles. The highest BCUT2D eigenvalue weighted by atomic mass is 16.4. The van der Waals surface area contributed by atoms with Crippen LogP contribution in [0.2, 0.25) is 0 Å². The largest absolute Gasteiger partial charge is 0.421 e. The summed E-state index contributed by atoms with van der Waals surface area (Å²) in [5.41, 5.74) is 3.14. The lowest BCUT2D eigenvalue weighted by Gasteiger charge is -2.19. The van der Waals surface area contributed by atoms with Crippen LogP contribution >= 0.6 is 0 Å². The monoisotopic (exact) mass is 348 g/mol. The summed E-state index contributed by atoms with van der Waals surface area (Å²) in [7, 11) is 0. The number of nitrogens with zero attached hydrogens (tertiary/aromatic N) is 4. The first-order valence-corrected chi connectivity index (χ1v) is 8.68. The fraction of sp³-hybridized carbons (Fsp3) is 0.381. The van der Waals surface area contributed by atoms with E-state index in [0.717, 1.165) is 11.3 Å². The average Bonchev–Trinajstić information content (AvgIpc) is 3.20. The molecular formula is C21H24N4O. The van der Waals surface area contributed by atoms with E-state index in [9.17, 15) is 5.26 Å². The molecule has 0 spiro atoms. The summed E-state index contributed by atoms with van der Waals surface area (Å²) in [6.07, 6.45) is 1.80. The molecule has 0 aliphatic heterocycles. The molecule has 0 aliphatic carbocycles. The zero-order chi connectivity index (χ0) is 19.1. The molecule has 0 bridgehead atoms. The number of hydrogen-bond acceptors (Lipinski definition) is 4. The van der Waals surface area contributed by atoms with Crippen LogP contribution in [0.4, 0.5) is 0 Å². The molecule has 134 valence electrons. The molecule has 5 heteroatoms. The van der Waals surface area contributed by atoms with Crippen molar-refractivity contribution in [2.75, 3.05) is 0 Å². The minimum absolute atomic E-state index is 0.0685. The third-order valence-electron chi connectivity index (χ3n) is 4.18. The SMILES string of the molecule is CC(C)(C)c1cccc(-c2ccn(-c3oc(C(C)(C)C)nc3C#N)n2)c1. The third-order valence-corrected chi connectivity index (χ3v) is 4.18. The summed E-state index contributed by atoms with van der Waals surface area (Å²) in [5, 5.41) is 14.0. The lowest BCUT2D eigenvalue weighted by atomic mass is 9.86. The Kier molecular flexibility index (Phi) is 4.23. The van der Waals surface area contributed by atoms with Crippen molar-refractivity contribution >= 4 is 0 Å². The first-order valence-electron chi connectivity index (χ1n) is 8.68. The Morgan fingerprint density at radius 2 is 1.77 bits per heavy atom. The fourth-order valence-electron chi connectivity index (χ4n) is 2.60. The second-order valence-electron chi connectivity index (χ2n) is 8.51. The molecule has 0 aliphatic rings. The maximum atomic E-state index is 9.39. The van der Waals surface area contributed by atoms with E-state index >= 15 is 0 Å². The van der Waals surface area contributed by atoms with Crippen LogP contribution in [0.3, 0.4) is 0 Å². The van der Waals surface area contributed by atoms with E-state index < -0.39 is 0 Å². The zero-order valence-corrected chi connectivity index (χ0v) is 16.2. The van der Waals surface area contributed by atoms with Gasteiger partial charge in [0.2, 0.25) is 11.6 Å². The van der Waals surface area contributed by atoms with Crippen LogP contribution in [-0.2, 0) is 10.8 Å². The molecule has 0 N–H and O–H groups in total. The van der Waals surface area contributed by atoms with Crippen molar-refractivity contribution in [3.8, 4) is 23.2 Å². The van der Waals surface area contributed by atoms with Crippen molar-refractivity contribution < 1.29 is 4.42 Å². The van der Waals surface area contributed by atoms with E-state index in [1.54, 1.807) is 10.9 Å². The van der Waals surface area contributed by atoms with Gasteiger partial charge in [-0.15, -0.1) is 0 Å². The van der Waals surface area contributed by atoms with Gasteiger partial charge >= 0.3 is 0 Å². The molecule has 0 atom stereocenters. The molecule has 26 heavy (non-hydrogen) atoms. The summed E-state index contributed by atoms with van der Waals surface area (Å²) < 4.78 is 7.43. The predicted octanol–water partition coefficient (Wildman–Crippen LogP) is 4.99. The Morgan fingerprint density at radius 1 is 1.04 bits per heavy atom. The van der Waals surface area contributed by atoms with Gasteiger partial charge in [0.25, 0.3) is 5.88 Å². The van der Waals surface area contributed by atoms with E-state index in [1.807, 2.05) is 39.0 Å². The van der Waals surface area contributed by atoms with Gasteiger partial charge < -0.3 is 4.42 Å². The maximum Gasteiger partial charge on any atom is 0.259 e. The smallest absolute Gasteiger partial charge is 0.259 e. The first kappa shape index (κ1) is 17.9. The van der Waals surface area contributed by atoms with Crippen molar-refractivity contribution in [2.24, 2.45) is 0 Å². The van der Waals surface area contributed by atoms with Crippen molar-refractivity contribution in [2.45, 2.75) is 52.4 Å². The Balaban J connectivity index is 2.02. The van der Waals surface area contributed by atoms with Gasteiger partial charge in [-0.1, -0.05) is 59.7 Å². The lowest BCUT2D eigenvalue weighted by Crippen LogP contribution is -2.11. The normalized spacial score (nSPS) is 12.2. The first-order chi connectivity index (χ1) is 12.1. The molecule has 3 rings (SSSR count). The van der Waals surface area contributed by atoms with Crippen LogP contribution in [0.5, 0.6) is 0 Å². The summed E-state index contributed by atoms with van der Waals surface area (Å²) >= 11 is 0. The minimum Gasteiger partial charge on any atom is -0.421 e. The predicted molar refractivity (Wildman–Crippen MR) is 101 cm³/mol. The fourth-order valence-corrected chi connectivity index (χ4v) is 2.60. The second-order valence-corrected chi connectivity index (χ2v) is 8.51. The number of rotatable bonds is 2. The molecule has 0 unspecified atom stereocenters. The molecule has 0 radical (unpaired) electrons. The quantitative estimate of drug-likeness (QED) is 0.654. The molecule has 2 aromatic heterocycles. The van der Waals surface area contributed by atoms with E-state index in [4.69, 9.17) is 4.42 Å². The maximum absolute atomic E-state index is 9.39. The molecule has 1 aromatic carbocycles. The van der Waals surface area contributed by atoms with Crippen LogP contribution in [-0.4, -0.2) is 14.8 Å². The van der Waals surface area contributed by atoms with Gasteiger partial charge in [-0.2, -0.15) is 15.3 Å². The van der Waals surface area contributed by atoms with Crippen LogP contribution < -0.4 is 0 Å². The minimum atomic E-state index is -0.277. The zero-order valence-electron chi connectivity index (χ0n) is 16.2. The highest BCUT2D eigenvalue weighted by molar-refractivity contribution is 5.60. The lowest BCUT2D eigenvalue weighted by molar-refractivity contribution is 0.381. The third kappa shape index (κ3) is 3.41. The van der Waals surface area contributed by atoms with Crippen LogP contribution in [0.15, 0.2) is 40.9 Å². The highest BCUT2D eigenvalue weighted by Gasteiger charge is 2.25. The molecule has 2 heterocycles. The molecule has 0 fully saturated rings. The number of benzene rings is 1. The Labute approximate surface area is 154 Å². The average molecular weight is 348 g/mol. The van der Waals surface area contributed by atoms with Gasteiger partial charge in [-0.3, -0.25) is 0 Å². The van der Waals surface area contributed by atoms with Gasteiger partial charge in [0, 0.05) is 17.2 Å². The van der Waals surface area contributed by atoms with Gasteiger partial charge in [-0.05, 0) is 23.1 Å². The van der Waals surface area contributed by atoms with Crippen molar-refractivity contribution in [1.82, 2.24) is 14.8 Å². The number of oxazole rings is 1. The molecular weight excluding hydrogens is 324 g/mol. The Hall–Kier alpha value is -2.87. The summed E-state index contributed by atoms with van der Waals surface area (Å²) in [4.78, 5) is 4.32. The van der Waals surface area contributed by atoms with Crippen molar-refractivity contribution in [3.63, 3.8) is 0 Å².